The lowest BCUT2D eigenvalue weighted by Gasteiger charge is -2.06. The highest BCUT2D eigenvalue weighted by molar-refractivity contribution is 4.95. The number of ether oxygens (including phenoxy) is 1. The Balaban J connectivity index is 1.85. The molecule has 0 bridgehead atoms. The second-order valence-corrected chi connectivity index (χ2v) is 3.50. The Morgan fingerprint density at radius 3 is 2.75 bits per heavy atom. The second-order valence-electron chi connectivity index (χ2n) is 3.50. The van der Waals surface area contributed by atoms with E-state index < -0.39 is 0 Å². The van der Waals surface area contributed by atoms with Crippen LogP contribution in [-0.2, 0) is 4.74 Å². The molecule has 0 amide bonds. The lowest BCUT2D eigenvalue weighted by molar-refractivity contribution is 0.119. The van der Waals surface area contributed by atoms with Crippen LogP contribution in [0.25, 0.3) is 0 Å². The van der Waals surface area contributed by atoms with E-state index in [0.717, 1.165) is 6.61 Å². The van der Waals surface area contributed by atoms with Gasteiger partial charge in [0.25, 0.3) is 0 Å². The minimum atomic E-state index is 0.437. The molecule has 1 heteroatoms. The Morgan fingerprint density at radius 1 is 1.25 bits per heavy atom. The highest BCUT2D eigenvalue weighted by atomic mass is 16.5. The maximum atomic E-state index is 5.45. The summed E-state index contributed by atoms with van der Waals surface area (Å²) in [6, 6.07) is 0. The van der Waals surface area contributed by atoms with Crippen molar-refractivity contribution in [2.45, 2.75) is 51.6 Å². The average molecular weight is 168 g/mol. The van der Waals surface area contributed by atoms with Crippen molar-refractivity contribution < 1.29 is 4.74 Å². The molecule has 0 saturated heterocycles. The molecule has 1 aliphatic rings. The van der Waals surface area contributed by atoms with Gasteiger partial charge in [0, 0.05) is 0 Å². The summed E-state index contributed by atoms with van der Waals surface area (Å²) in [5.41, 5.74) is 0. The zero-order valence-electron chi connectivity index (χ0n) is 8.09. The molecule has 1 atom stereocenters. The molecule has 0 unspecified atom stereocenters. The van der Waals surface area contributed by atoms with Crippen molar-refractivity contribution in [2.24, 2.45) is 0 Å². The fraction of sp³-hybridized carbons (Fsp3) is 0.818. The molecule has 0 spiro atoms. The summed E-state index contributed by atoms with van der Waals surface area (Å²) < 4.78 is 5.45. The molecule has 0 aliphatic carbocycles. The first-order chi connectivity index (χ1) is 5.93. The van der Waals surface area contributed by atoms with Crippen LogP contribution in [-0.4, -0.2) is 12.7 Å². The fourth-order valence-electron chi connectivity index (χ4n) is 1.57. The van der Waals surface area contributed by atoms with Crippen LogP contribution in [0.3, 0.4) is 0 Å². The fourth-order valence-corrected chi connectivity index (χ4v) is 1.57. The lowest BCUT2D eigenvalue weighted by atomic mass is 10.1. The van der Waals surface area contributed by atoms with Crippen molar-refractivity contribution >= 4 is 0 Å². The van der Waals surface area contributed by atoms with Gasteiger partial charge < -0.3 is 4.74 Å². The third-order valence-electron chi connectivity index (χ3n) is 2.35. The van der Waals surface area contributed by atoms with E-state index in [1.54, 1.807) is 0 Å². The second kappa shape index (κ2) is 6.24. The molecule has 0 N–H and O–H groups in total. The molecule has 70 valence electrons. The van der Waals surface area contributed by atoms with Gasteiger partial charge in [0.2, 0.25) is 0 Å². The minimum absolute atomic E-state index is 0.437. The van der Waals surface area contributed by atoms with Gasteiger partial charge in [-0.05, 0) is 6.42 Å². The highest BCUT2D eigenvalue weighted by Crippen LogP contribution is 2.13. The number of hydrogen-bond donors (Lipinski definition) is 0. The first-order valence-electron chi connectivity index (χ1n) is 5.21. The van der Waals surface area contributed by atoms with E-state index in [1.165, 1.54) is 38.5 Å². The van der Waals surface area contributed by atoms with Crippen molar-refractivity contribution in [2.75, 3.05) is 6.61 Å². The van der Waals surface area contributed by atoms with Crippen molar-refractivity contribution in [3.63, 3.8) is 0 Å². The first kappa shape index (κ1) is 9.79. The van der Waals surface area contributed by atoms with E-state index in [4.69, 9.17) is 4.74 Å². The van der Waals surface area contributed by atoms with Gasteiger partial charge in [-0.3, -0.25) is 0 Å². The van der Waals surface area contributed by atoms with Crippen molar-refractivity contribution in [3.05, 3.63) is 12.2 Å². The summed E-state index contributed by atoms with van der Waals surface area (Å²) in [4.78, 5) is 0. The molecule has 1 heterocycles. The normalized spacial score (nSPS) is 21.9. The van der Waals surface area contributed by atoms with E-state index in [0.29, 0.717) is 6.10 Å². The minimum Gasteiger partial charge on any atom is -0.370 e. The van der Waals surface area contributed by atoms with Crippen molar-refractivity contribution in [1.82, 2.24) is 0 Å². The van der Waals surface area contributed by atoms with E-state index in [2.05, 4.69) is 19.1 Å². The van der Waals surface area contributed by atoms with Crippen LogP contribution in [0.5, 0.6) is 0 Å². The molecule has 0 radical (unpaired) electrons. The summed E-state index contributed by atoms with van der Waals surface area (Å²) in [6.07, 6.45) is 12.8. The van der Waals surface area contributed by atoms with Gasteiger partial charge in [0.15, 0.2) is 0 Å². The van der Waals surface area contributed by atoms with Crippen molar-refractivity contribution in [1.29, 1.82) is 0 Å². The molecular formula is C11H20O. The highest BCUT2D eigenvalue weighted by Gasteiger charge is 2.07. The third-order valence-corrected chi connectivity index (χ3v) is 2.35. The Labute approximate surface area is 75.8 Å². The smallest absolute Gasteiger partial charge is 0.0760 e. The SMILES string of the molecule is CCCCCCC[C@@H]1C=CCO1. The van der Waals surface area contributed by atoms with Crippen molar-refractivity contribution in [3.8, 4) is 0 Å². The summed E-state index contributed by atoms with van der Waals surface area (Å²) in [5.74, 6) is 0. The molecule has 1 rings (SSSR count). The van der Waals surface area contributed by atoms with Crippen LogP contribution in [0.15, 0.2) is 12.2 Å². The Kier molecular flexibility index (Phi) is 5.09. The summed E-state index contributed by atoms with van der Waals surface area (Å²) >= 11 is 0. The van der Waals surface area contributed by atoms with Crippen LogP contribution in [0.1, 0.15) is 45.4 Å². The van der Waals surface area contributed by atoms with E-state index in [1.807, 2.05) is 0 Å². The Bertz CT molecular complexity index is 129. The van der Waals surface area contributed by atoms with Crippen LogP contribution >= 0.6 is 0 Å². The summed E-state index contributed by atoms with van der Waals surface area (Å²) in [7, 11) is 0. The molecule has 12 heavy (non-hydrogen) atoms. The van der Waals surface area contributed by atoms with Crippen LogP contribution in [0.4, 0.5) is 0 Å². The van der Waals surface area contributed by atoms with Gasteiger partial charge in [0.1, 0.15) is 0 Å². The third kappa shape index (κ3) is 3.91. The molecule has 0 saturated carbocycles. The van der Waals surface area contributed by atoms with E-state index >= 15 is 0 Å². The zero-order chi connectivity index (χ0) is 8.65. The first-order valence-corrected chi connectivity index (χ1v) is 5.21. The van der Waals surface area contributed by atoms with E-state index in [-0.39, 0.29) is 0 Å². The maximum absolute atomic E-state index is 5.45. The quantitative estimate of drug-likeness (QED) is 0.437. The predicted molar refractivity (Wildman–Crippen MR) is 52.3 cm³/mol. The van der Waals surface area contributed by atoms with Gasteiger partial charge in [-0.1, -0.05) is 51.2 Å². The monoisotopic (exact) mass is 168 g/mol. The molecule has 0 aromatic carbocycles. The average Bonchev–Trinajstić information content (AvgIpc) is 2.57. The summed E-state index contributed by atoms with van der Waals surface area (Å²) in [5, 5.41) is 0. The molecular weight excluding hydrogens is 148 g/mol. The van der Waals surface area contributed by atoms with Gasteiger partial charge in [-0.2, -0.15) is 0 Å². The van der Waals surface area contributed by atoms with Gasteiger partial charge in [-0.15, -0.1) is 0 Å². The Morgan fingerprint density at radius 2 is 2.08 bits per heavy atom. The standard InChI is InChI=1S/C11H20O/c1-2-3-4-5-6-8-11-9-7-10-12-11/h7,9,11H,2-6,8,10H2,1H3/t11-/m1/s1. The van der Waals surface area contributed by atoms with E-state index in [9.17, 15) is 0 Å². The molecule has 0 aromatic heterocycles. The van der Waals surface area contributed by atoms with Gasteiger partial charge in [0.05, 0.1) is 12.7 Å². The largest absolute Gasteiger partial charge is 0.370 e. The molecule has 1 aliphatic heterocycles. The number of unbranched alkanes of at least 4 members (excludes halogenated alkanes) is 4. The van der Waals surface area contributed by atoms with Gasteiger partial charge in [-0.25, -0.2) is 0 Å². The summed E-state index contributed by atoms with van der Waals surface area (Å²) in [6.45, 7) is 3.09. The molecule has 1 nitrogen and oxygen atoms in total. The number of rotatable bonds is 6. The van der Waals surface area contributed by atoms with Crippen LogP contribution in [0, 0.1) is 0 Å². The van der Waals surface area contributed by atoms with Crippen LogP contribution < -0.4 is 0 Å². The van der Waals surface area contributed by atoms with Crippen LogP contribution in [0.2, 0.25) is 0 Å². The Hall–Kier alpha value is -0.300. The topological polar surface area (TPSA) is 9.23 Å². The predicted octanol–water partition coefficient (Wildman–Crippen LogP) is 3.30. The maximum Gasteiger partial charge on any atom is 0.0760 e. The molecule has 0 aromatic rings. The van der Waals surface area contributed by atoms with Gasteiger partial charge >= 0.3 is 0 Å². The zero-order valence-corrected chi connectivity index (χ0v) is 8.09. The number of hydrogen-bond acceptors (Lipinski definition) is 1. The molecule has 0 fully saturated rings. The lowest BCUT2D eigenvalue weighted by Crippen LogP contribution is -2.03.